The van der Waals surface area contributed by atoms with Crippen LogP contribution in [-0.4, -0.2) is 13.1 Å². The van der Waals surface area contributed by atoms with Crippen LogP contribution >= 0.6 is 0 Å². The van der Waals surface area contributed by atoms with Crippen molar-refractivity contribution in [2.45, 2.75) is 19.3 Å². The molecule has 1 aromatic rings. The second-order valence-corrected chi connectivity index (χ2v) is 3.74. The van der Waals surface area contributed by atoms with Gasteiger partial charge < -0.3 is 4.90 Å². The van der Waals surface area contributed by atoms with Gasteiger partial charge in [0.15, 0.2) is 17.5 Å². The average molecular weight is 215 g/mol. The van der Waals surface area contributed by atoms with Gasteiger partial charge in [0, 0.05) is 13.1 Å². The predicted molar refractivity (Wildman–Crippen MR) is 52.4 cm³/mol. The number of halogens is 3. The third kappa shape index (κ3) is 1.94. The number of nitrogens with zero attached hydrogens (tertiary/aromatic N) is 1. The molecule has 1 aliphatic heterocycles. The number of benzene rings is 1. The summed E-state index contributed by atoms with van der Waals surface area (Å²) in [4.78, 5) is 1.77. The van der Waals surface area contributed by atoms with Gasteiger partial charge in [-0.15, -0.1) is 0 Å². The van der Waals surface area contributed by atoms with Crippen molar-refractivity contribution in [1.82, 2.24) is 0 Å². The lowest BCUT2D eigenvalue weighted by molar-refractivity contribution is 0.443. The lowest BCUT2D eigenvalue weighted by atomic mass is 10.1. The molecule has 0 atom stereocenters. The zero-order chi connectivity index (χ0) is 10.8. The molecular formula is C11H12F3N. The molecule has 0 N–H and O–H groups in total. The Morgan fingerprint density at radius 3 is 2.20 bits per heavy atom. The highest BCUT2D eigenvalue weighted by atomic mass is 19.2. The maximum absolute atomic E-state index is 13.4. The van der Waals surface area contributed by atoms with Crippen molar-refractivity contribution in [3.05, 3.63) is 29.6 Å². The van der Waals surface area contributed by atoms with E-state index in [1.165, 1.54) is 6.07 Å². The zero-order valence-corrected chi connectivity index (χ0v) is 8.27. The summed E-state index contributed by atoms with van der Waals surface area (Å²) in [5, 5.41) is 0. The van der Waals surface area contributed by atoms with Crippen LogP contribution in [0.2, 0.25) is 0 Å². The molecule has 2 rings (SSSR count). The van der Waals surface area contributed by atoms with E-state index in [4.69, 9.17) is 0 Å². The smallest absolute Gasteiger partial charge is 0.196 e. The first-order valence-electron chi connectivity index (χ1n) is 5.08. The maximum Gasteiger partial charge on any atom is 0.196 e. The number of hydrogen-bond donors (Lipinski definition) is 0. The predicted octanol–water partition coefficient (Wildman–Crippen LogP) is 3.09. The quantitative estimate of drug-likeness (QED) is 0.651. The SMILES string of the molecule is Fc1ccc(N2CCCCC2)c(F)c1F. The Bertz CT molecular complexity index is 359. The molecule has 1 nitrogen and oxygen atoms in total. The molecule has 1 aromatic carbocycles. The van der Waals surface area contributed by atoms with E-state index in [2.05, 4.69) is 0 Å². The summed E-state index contributed by atoms with van der Waals surface area (Å²) in [5.41, 5.74) is 0.175. The molecule has 1 heterocycles. The fourth-order valence-electron chi connectivity index (χ4n) is 1.89. The maximum atomic E-state index is 13.4. The summed E-state index contributed by atoms with van der Waals surface area (Å²) in [6.07, 6.45) is 3.05. The third-order valence-electron chi connectivity index (χ3n) is 2.71. The van der Waals surface area contributed by atoms with Crippen LogP contribution in [0.15, 0.2) is 12.1 Å². The van der Waals surface area contributed by atoms with Crippen LogP contribution < -0.4 is 4.90 Å². The topological polar surface area (TPSA) is 3.24 Å². The molecule has 0 aromatic heterocycles. The molecule has 0 bridgehead atoms. The van der Waals surface area contributed by atoms with Crippen molar-refractivity contribution in [3.63, 3.8) is 0 Å². The van der Waals surface area contributed by atoms with Gasteiger partial charge in [-0.2, -0.15) is 0 Å². The van der Waals surface area contributed by atoms with E-state index in [0.717, 1.165) is 25.3 Å². The third-order valence-corrected chi connectivity index (χ3v) is 2.71. The minimum absolute atomic E-state index is 0.175. The molecular weight excluding hydrogens is 203 g/mol. The lowest BCUT2D eigenvalue weighted by Gasteiger charge is -2.29. The first-order chi connectivity index (χ1) is 7.20. The van der Waals surface area contributed by atoms with Crippen LogP contribution in [0.5, 0.6) is 0 Å². The van der Waals surface area contributed by atoms with Gasteiger partial charge in [0.2, 0.25) is 0 Å². The van der Waals surface area contributed by atoms with Gasteiger partial charge in [0.1, 0.15) is 0 Å². The van der Waals surface area contributed by atoms with E-state index >= 15 is 0 Å². The summed E-state index contributed by atoms with van der Waals surface area (Å²) in [6, 6.07) is 2.28. The van der Waals surface area contributed by atoms with Crippen LogP contribution in [-0.2, 0) is 0 Å². The Morgan fingerprint density at radius 1 is 0.867 bits per heavy atom. The molecule has 0 amide bonds. The van der Waals surface area contributed by atoms with Crippen molar-refractivity contribution < 1.29 is 13.2 Å². The van der Waals surface area contributed by atoms with Gasteiger partial charge in [0.05, 0.1) is 5.69 Å². The van der Waals surface area contributed by atoms with E-state index in [1.54, 1.807) is 4.90 Å². The second kappa shape index (κ2) is 4.13. The van der Waals surface area contributed by atoms with E-state index in [9.17, 15) is 13.2 Å². The van der Waals surface area contributed by atoms with Gasteiger partial charge >= 0.3 is 0 Å². The molecule has 0 unspecified atom stereocenters. The average Bonchev–Trinajstić information content (AvgIpc) is 2.27. The fourth-order valence-corrected chi connectivity index (χ4v) is 1.89. The van der Waals surface area contributed by atoms with Gasteiger partial charge in [-0.3, -0.25) is 0 Å². The van der Waals surface area contributed by atoms with Gasteiger partial charge in [-0.05, 0) is 31.4 Å². The minimum Gasteiger partial charge on any atom is -0.369 e. The number of piperidine rings is 1. The highest BCUT2D eigenvalue weighted by Crippen LogP contribution is 2.25. The summed E-state index contributed by atoms with van der Waals surface area (Å²) >= 11 is 0. The van der Waals surface area contributed by atoms with E-state index in [0.29, 0.717) is 13.1 Å². The molecule has 0 aliphatic carbocycles. The van der Waals surface area contributed by atoms with Crippen LogP contribution in [0.4, 0.5) is 18.9 Å². The van der Waals surface area contributed by atoms with E-state index in [-0.39, 0.29) is 5.69 Å². The normalized spacial score (nSPS) is 16.9. The van der Waals surface area contributed by atoms with Crippen molar-refractivity contribution >= 4 is 5.69 Å². The second-order valence-electron chi connectivity index (χ2n) is 3.74. The van der Waals surface area contributed by atoms with E-state index in [1.807, 2.05) is 0 Å². The first kappa shape index (κ1) is 10.3. The standard InChI is InChI=1S/C11H12F3N/c12-8-4-5-9(11(14)10(8)13)15-6-2-1-3-7-15/h4-5H,1-3,6-7H2. The molecule has 1 fully saturated rings. The largest absolute Gasteiger partial charge is 0.369 e. The Labute approximate surface area is 86.5 Å². The molecule has 4 heteroatoms. The van der Waals surface area contributed by atoms with Crippen molar-refractivity contribution in [2.24, 2.45) is 0 Å². The Balaban J connectivity index is 2.31. The van der Waals surface area contributed by atoms with Gasteiger partial charge in [-0.1, -0.05) is 0 Å². The van der Waals surface area contributed by atoms with Crippen molar-refractivity contribution in [3.8, 4) is 0 Å². The summed E-state index contributed by atoms with van der Waals surface area (Å²) in [7, 11) is 0. The molecule has 1 aliphatic rings. The summed E-state index contributed by atoms with van der Waals surface area (Å²) in [5.74, 6) is -3.58. The molecule has 15 heavy (non-hydrogen) atoms. The highest BCUT2D eigenvalue weighted by Gasteiger charge is 2.19. The Hall–Kier alpha value is -1.19. The van der Waals surface area contributed by atoms with E-state index < -0.39 is 17.5 Å². The number of rotatable bonds is 1. The summed E-state index contributed by atoms with van der Waals surface area (Å²) in [6.45, 7) is 1.42. The van der Waals surface area contributed by atoms with Crippen LogP contribution in [0.25, 0.3) is 0 Å². The Morgan fingerprint density at radius 2 is 1.53 bits per heavy atom. The zero-order valence-electron chi connectivity index (χ0n) is 8.27. The number of hydrogen-bond acceptors (Lipinski definition) is 1. The molecule has 0 spiro atoms. The molecule has 1 saturated heterocycles. The molecule has 82 valence electrons. The monoisotopic (exact) mass is 215 g/mol. The first-order valence-corrected chi connectivity index (χ1v) is 5.08. The van der Waals surface area contributed by atoms with Crippen molar-refractivity contribution in [1.29, 1.82) is 0 Å². The Kier molecular flexibility index (Phi) is 2.84. The number of anilines is 1. The lowest BCUT2D eigenvalue weighted by Crippen LogP contribution is -2.30. The minimum atomic E-state index is -1.38. The van der Waals surface area contributed by atoms with Gasteiger partial charge in [0.25, 0.3) is 0 Å². The van der Waals surface area contributed by atoms with Crippen LogP contribution in [0.3, 0.4) is 0 Å². The van der Waals surface area contributed by atoms with Gasteiger partial charge in [-0.25, -0.2) is 13.2 Å². The highest BCUT2D eigenvalue weighted by molar-refractivity contribution is 5.48. The van der Waals surface area contributed by atoms with Crippen molar-refractivity contribution in [2.75, 3.05) is 18.0 Å². The molecule has 0 radical (unpaired) electrons. The fraction of sp³-hybridized carbons (Fsp3) is 0.455. The van der Waals surface area contributed by atoms with Crippen LogP contribution in [0, 0.1) is 17.5 Å². The van der Waals surface area contributed by atoms with Crippen LogP contribution in [0.1, 0.15) is 19.3 Å². The summed E-state index contributed by atoms with van der Waals surface area (Å²) < 4.78 is 39.1. The molecule has 0 saturated carbocycles.